The second kappa shape index (κ2) is 6.38. The van der Waals surface area contributed by atoms with Crippen molar-refractivity contribution in [1.29, 1.82) is 0 Å². The molecule has 0 bridgehead atoms. The number of benzene rings is 2. The Kier molecular flexibility index (Phi) is 4.34. The van der Waals surface area contributed by atoms with Gasteiger partial charge in [0.25, 0.3) is 0 Å². The third-order valence-electron chi connectivity index (χ3n) is 2.72. The third kappa shape index (κ3) is 3.35. The van der Waals surface area contributed by atoms with Crippen LogP contribution in [0.2, 0.25) is 0 Å². The summed E-state index contributed by atoms with van der Waals surface area (Å²) in [5.41, 5.74) is 7.73. The highest BCUT2D eigenvalue weighted by Crippen LogP contribution is 2.09. The van der Waals surface area contributed by atoms with Gasteiger partial charge in [0.05, 0.1) is 0 Å². The van der Waals surface area contributed by atoms with E-state index in [-0.39, 0.29) is 12.3 Å². The Morgan fingerprint density at radius 2 is 1.70 bits per heavy atom. The van der Waals surface area contributed by atoms with Gasteiger partial charge in [0.2, 0.25) is 0 Å². The maximum Gasteiger partial charge on any atom is 0.359 e. The van der Waals surface area contributed by atoms with Crippen LogP contribution in [0.15, 0.2) is 59.7 Å². The lowest BCUT2D eigenvalue weighted by atomic mass is 10.1. The van der Waals surface area contributed by atoms with Gasteiger partial charge in [-0.3, -0.25) is 0 Å². The Morgan fingerprint density at radius 1 is 1.05 bits per heavy atom. The van der Waals surface area contributed by atoms with Crippen molar-refractivity contribution in [2.75, 3.05) is 5.73 Å². The molecule has 0 aromatic heterocycles. The molecule has 2 aromatic carbocycles. The van der Waals surface area contributed by atoms with Gasteiger partial charge in [-0.15, -0.1) is 0 Å². The Hall–Kier alpha value is -2.82. The molecule has 0 spiro atoms. The third-order valence-corrected chi connectivity index (χ3v) is 2.72. The number of nitrogen functional groups attached to an aromatic ring is 1. The molecule has 0 saturated heterocycles. The first-order valence-electron chi connectivity index (χ1n) is 6.05. The van der Waals surface area contributed by atoms with Crippen LogP contribution < -0.4 is 11.6 Å². The molecule has 0 atom stereocenters. The molecule has 2 aromatic rings. The monoisotopic (exact) mass is 269 g/mol. The van der Waals surface area contributed by atoms with Gasteiger partial charge in [-0.05, 0) is 17.7 Å². The quantitative estimate of drug-likeness (QED) is 0.290. The van der Waals surface area contributed by atoms with Crippen LogP contribution in [-0.4, -0.2) is 11.7 Å². The van der Waals surface area contributed by atoms with Crippen LogP contribution in [0.1, 0.15) is 11.1 Å². The van der Waals surface area contributed by atoms with Crippen LogP contribution in [0, 0.1) is 0 Å². The fourth-order valence-corrected chi connectivity index (χ4v) is 1.68. The van der Waals surface area contributed by atoms with E-state index in [0.717, 1.165) is 5.56 Å². The van der Waals surface area contributed by atoms with Gasteiger partial charge in [-0.1, -0.05) is 42.5 Å². The second-order valence-electron chi connectivity index (χ2n) is 4.16. The largest absolute Gasteiger partial charge is 0.456 e. The van der Waals surface area contributed by atoms with Crippen molar-refractivity contribution in [1.82, 2.24) is 0 Å². The van der Waals surface area contributed by atoms with Crippen molar-refractivity contribution >= 4 is 17.4 Å². The Balaban J connectivity index is 2.05. The van der Waals surface area contributed by atoms with Crippen molar-refractivity contribution in [3.05, 3.63) is 65.7 Å². The minimum atomic E-state index is -0.568. The maximum absolute atomic E-state index is 12.0. The van der Waals surface area contributed by atoms with Gasteiger partial charge >= 0.3 is 5.97 Å². The fourth-order valence-electron chi connectivity index (χ4n) is 1.68. The van der Waals surface area contributed by atoms with E-state index in [0.29, 0.717) is 11.3 Å². The summed E-state index contributed by atoms with van der Waals surface area (Å²) in [6.45, 7) is 0.174. The van der Waals surface area contributed by atoms with Crippen LogP contribution in [0.4, 0.5) is 5.69 Å². The predicted octanol–water partition coefficient (Wildman–Crippen LogP) is 1.67. The van der Waals surface area contributed by atoms with Crippen molar-refractivity contribution in [2.45, 2.75) is 6.61 Å². The summed E-state index contributed by atoms with van der Waals surface area (Å²) in [5.74, 6) is 4.70. The number of carbonyl (C=O) groups is 1. The molecular weight excluding hydrogens is 254 g/mol. The molecule has 102 valence electrons. The Bertz CT molecular complexity index is 607. The summed E-state index contributed by atoms with van der Waals surface area (Å²) >= 11 is 0. The van der Waals surface area contributed by atoms with Gasteiger partial charge in [-0.2, -0.15) is 5.10 Å². The molecule has 0 saturated carbocycles. The molecule has 0 radical (unpaired) electrons. The minimum absolute atomic E-state index is 0.0703. The highest BCUT2D eigenvalue weighted by Gasteiger charge is 2.15. The Morgan fingerprint density at radius 3 is 2.30 bits per heavy atom. The first kappa shape index (κ1) is 13.6. The van der Waals surface area contributed by atoms with Gasteiger partial charge in [0.15, 0.2) is 5.71 Å². The van der Waals surface area contributed by atoms with Gasteiger partial charge in [0.1, 0.15) is 6.61 Å². The molecule has 0 amide bonds. The van der Waals surface area contributed by atoms with E-state index >= 15 is 0 Å². The van der Waals surface area contributed by atoms with E-state index < -0.39 is 5.97 Å². The van der Waals surface area contributed by atoms with Crippen LogP contribution in [0.3, 0.4) is 0 Å². The molecule has 0 unspecified atom stereocenters. The average Bonchev–Trinajstić information content (AvgIpc) is 2.49. The first-order valence-corrected chi connectivity index (χ1v) is 6.05. The highest BCUT2D eigenvalue weighted by atomic mass is 16.5. The second-order valence-corrected chi connectivity index (χ2v) is 4.16. The number of esters is 1. The van der Waals surface area contributed by atoms with E-state index in [9.17, 15) is 4.79 Å². The summed E-state index contributed by atoms with van der Waals surface area (Å²) < 4.78 is 5.18. The molecule has 0 aliphatic rings. The minimum Gasteiger partial charge on any atom is -0.456 e. The van der Waals surface area contributed by atoms with E-state index in [1.807, 2.05) is 30.3 Å². The van der Waals surface area contributed by atoms with Gasteiger partial charge in [-0.25, -0.2) is 4.79 Å². The maximum atomic E-state index is 12.0. The molecule has 20 heavy (non-hydrogen) atoms. The normalized spacial score (nSPS) is 11.1. The fraction of sp³-hybridized carbons (Fsp3) is 0.0667. The number of rotatable bonds is 4. The lowest BCUT2D eigenvalue weighted by Crippen LogP contribution is -2.20. The number of hydrazone groups is 1. The van der Waals surface area contributed by atoms with Crippen LogP contribution >= 0.6 is 0 Å². The van der Waals surface area contributed by atoms with Crippen LogP contribution in [0.5, 0.6) is 0 Å². The SMILES string of the molecule is NN=C(C(=O)OCc1ccccc1)c1ccc(N)cc1. The van der Waals surface area contributed by atoms with E-state index in [1.165, 1.54) is 0 Å². The molecule has 2 rings (SSSR count). The molecule has 4 N–H and O–H groups in total. The zero-order valence-corrected chi connectivity index (χ0v) is 10.8. The number of hydrogen-bond donors (Lipinski definition) is 2. The molecule has 0 fully saturated rings. The average molecular weight is 269 g/mol. The lowest BCUT2D eigenvalue weighted by molar-refractivity contribution is -0.136. The number of ether oxygens (including phenoxy) is 1. The van der Waals surface area contributed by atoms with Crippen molar-refractivity contribution in [2.24, 2.45) is 10.9 Å². The summed E-state index contributed by atoms with van der Waals surface area (Å²) in [6, 6.07) is 16.1. The number of carbonyl (C=O) groups excluding carboxylic acids is 1. The summed E-state index contributed by atoms with van der Waals surface area (Å²) in [4.78, 5) is 12.0. The summed E-state index contributed by atoms with van der Waals surface area (Å²) in [7, 11) is 0. The van der Waals surface area contributed by atoms with Gasteiger partial charge in [0, 0.05) is 11.3 Å². The molecule has 5 heteroatoms. The predicted molar refractivity (Wildman–Crippen MR) is 77.8 cm³/mol. The standard InChI is InChI=1S/C15H15N3O2/c16-13-8-6-12(7-9-13)14(18-17)15(19)20-10-11-4-2-1-3-5-11/h1-9H,10,16-17H2. The van der Waals surface area contributed by atoms with Crippen LogP contribution in [-0.2, 0) is 16.1 Å². The van der Waals surface area contributed by atoms with E-state index in [2.05, 4.69) is 5.10 Å². The highest BCUT2D eigenvalue weighted by molar-refractivity contribution is 6.43. The summed E-state index contributed by atoms with van der Waals surface area (Å²) in [5, 5.41) is 3.50. The Labute approximate surface area is 116 Å². The zero-order chi connectivity index (χ0) is 14.4. The number of hydrogen-bond acceptors (Lipinski definition) is 5. The lowest BCUT2D eigenvalue weighted by Gasteiger charge is -2.07. The zero-order valence-electron chi connectivity index (χ0n) is 10.8. The number of nitrogens with zero attached hydrogens (tertiary/aromatic N) is 1. The number of nitrogens with two attached hydrogens (primary N) is 2. The summed E-state index contributed by atoms with van der Waals surface area (Å²) in [6.07, 6.45) is 0. The number of anilines is 1. The van der Waals surface area contributed by atoms with Crippen molar-refractivity contribution in [3.63, 3.8) is 0 Å². The molecule has 5 nitrogen and oxygen atoms in total. The molecule has 0 aliphatic carbocycles. The molecule has 0 aliphatic heterocycles. The topological polar surface area (TPSA) is 90.7 Å². The molecule has 0 heterocycles. The smallest absolute Gasteiger partial charge is 0.359 e. The van der Waals surface area contributed by atoms with E-state index in [4.69, 9.17) is 16.3 Å². The van der Waals surface area contributed by atoms with E-state index in [1.54, 1.807) is 24.3 Å². The van der Waals surface area contributed by atoms with Crippen molar-refractivity contribution < 1.29 is 9.53 Å². The molecular formula is C15H15N3O2. The van der Waals surface area contributed by atoms with Gasteiger partial charge < -0.3 is 16.3 Å². The van der Waals surface area contributed by atoms with Crippen molar-refractivity contribution in [3.8, 4) is 0 Å². The van der Waals surface area contributed by atoms with Crippen LogP contribution in [0.25, 0.3) is 0 Å². The first-order chi connectivity index (χ1) is 9.70.